The van der Waals surface area contributed by atoms with Crippen LogP contribution < -0.4 is 10.6 Å². The van der Waals surface area contributed by atoms with E-state index in [2.05, 4.69) is 22.6 Å². The molecule has 0 radical (unpaired) electrons. The fraction of sp³-hybridized carbons (Fsp3) is 0.444. The van der Waals surface area contributed by atoms with E-state index in [0.29, 0.717) is 17.2 Å². The quantitative estimate of drug-likeness (QED) is 0.664. The number of carbonyl (C=O) groups excluding carboxylic acids is 2. The Labute approximate surface area is 136 Å². The molecule has 122 valence electrons. The van der Waals surface area contributed by atoms with Crippen LogP contribution in [0.5, 0.6) is 0 Å². The number of likely N-dealkylation sites (tertiary alicyclic amines) is 1. The highest BCUT2D eigenvalue weighted by Gasteiger charge is 2.28. The number of amides is 1. The van der Waals surface area contributed by atoms with Gasteiger partial charge in [-0.2, -0.15) is 0 Å². The van der Waals surface area contributed by atoms with E-state index in [1.54, 1.807) is 19.1 Å². The summed E-state index contributed by atoms with van der Waals surface area (Å²) in [6, 6.07) is 5.76. The second kappa shape index (κ2) is 6.16. The molecule has 1 amide bonds. The number of benzene rings is 1. The van der Waals surface area contributed by atoms with Gasteiger partial charge in [-0.25, -0.2) is 0 Å². The van der Waals surface area contributed by atoms with Gasteiger partial charge < -0.3 is 15.5 Å². The van der Waals surface area contributed by atoms with Gasteiger partial charge >= 0.3 is 0 Å². The van der Waals surface area contributed by atoms with Gasteiger partial charge in [0.2, 0.25) is 0 Å². The van der Waals surface area contributed by atoms with E-state index < -0.39 is 0 Å². The van der Waals surface area contributed by atoms with E-state index in [-0.39, 0.29) is 11.7 Å². The van der Waals surface area contributed by atoms with Crippen LogP contribution in [0, 0.1) is 0 Å². The highest BCUT2D eigenvalue weighted by Crippen LogP contribution is 2.34. The Morgan fingerprint density at radius 3 is 2.61 bits per heavy atom. The average molecular weight is 313 g/mol. The molecule has 0 spiro atoms. The number of anilines is 1. The standard InChI is InChI=1S/C18H23N3O2/c1-11(19-14-6-8-21(3)9-7-14)17-15-10-13(12(2)22)4-5-16(15)20-18(17)23/h4-5,10,14,19H,6-9H2,1-3H3,(H,20,23). The molecular formula is C18H23N3O2. The molecule has 0 aliphatic carbocycles. The molecule has 3 rings (SSSR count). The van der Waals surface area contributed by atoms with Crippen LogP contribution in [0.2, 0.25) is 0 Å². The molecule has 0 saturated carbocycles. The molecule has 1 fully saturated rings. The van der Waals surface area contributed by atoms with Crippen LogP contribution in [0.4, 0.5) is 5.69 Å². The van der Waals surface area contributed by atoms with E-state index in [4.69, 9.17) is 0 Å². The molecule has 0 aromatic heterocycles. The van der Waals surface area contributed by atoms with E-state index in [9.17, 15) is 9.59 Å². The van der Waals surface area contributed by atoms with Crippen molar-refractivity contribution in [2.75, 3.05) is 25.5 Å². The minimum atomic E-state index is -0.0985. The van der Waals surface area contributed by atoms with Crippen molar-refractivity contribution in [2.45, 2.75) is 32.7 Å². The number of fused-ring (bicyclic) bond motifs is 1. The maximum atomic E-state index is 12.3. The van der Waals surface area contributed by atoms with Crippen molar-refractivity contribution in [2.24, 2.45) is 0 Å². The van der Waals surface area contributed by atoms with E-state index in [1.165, 1.54) is 0 Å². The van der Waals surface area contributed by atoms with Crippen LogP contribution in [0.15, 0.2) is 23.9 Å². The molecule has 2 aliphatic rings. The molecule has 0 unspecified atom stereocenters. The van der Waals surface area contributed by atoms with Gasteiger partial charge in [0.1, 0.15) is 0 Å². The van der Waals surface area contributed by atoms with Crippen molar-refractivity contribution in [3.8, 4) is 0 Å². The van der Waals surface area contributed by atoms with E-state index >= 15 is 0 Å². The van der Waals surface area contributed by atoms with Crippen LogP contribution in [0.3, 0.4) is 0 Å². The summed E-state index contributed by atoms with van der Waals surface area (Å²) in [4.78, 5) is 26.3. The number of Topliss-reactive ketones (excluding diaryl/α,β-unsaturated/α-hetero) is 1. The SMILES string of the molecule is CC(=O)c1ccc2c(c1)C(=C(C)NC1CCN(C)CC1)C(=O)N2. The molecule has 2 heterocycles. The van der Waals surface area contributed by atoms with E-state index in [1.807, 2.05) is 13.0 Å². The summed E-state index contributed by atoms with van der Waals surface area (Å²) in [6.07, 6.45) is 2.15. The third-order valence-corrected chi connectivity index (χ3v) is 4.68. The summed E-state index contributed by atoms with van der Waals surface area (Å²) in [7, 11) is 2.13. The molecule has 1 saturated heterocycles. The summed E-state index contributed by atoms with van der Waals surface area (Å²) in [5, 5.41) is 6.39. The van der Waals surface area contributed by atoms with Gasteiger partial charge in [-0.3, -0.25) is 9.59 Å². The number of nitrogens with one attached hydrogen (secondary N) is 2. The van der Waals surface area contributed by atoms with Crippen molar-refractivity contribution in [1.82, 2.24) is 10.2 Å². The number of hydrogen-bond acceptors (Lipinski definition) is 4. The number of allylic oxidation sites excluding steroid dienone is 1. The fourth-order valence-corrected chi connectivity index (χ4v) is 3.29. The molecule has 1 aromatic carbocycles. The molecule has 1 aromatic rings. The summed E-state index contributed by atoms with van der Waals surface area (Å²) in [6.45, 7) is 5.62. The molecule has 5 nitrogen and oxygen atoms in total. The maximum Gasteiger partial charge on any atom is 0.258 e. The Hall–Kier alpha value is -2.14. The van der Waals surface area contributed by atoms with Crippen molar-refractivity contribution in [1.29, 1.82) is 0 Å². The topological polar surface area (TPSA) is 61.4 Å². The monoisotopic (exact) mass is 313 g/mol. The highest BCUT2D eigenvalue weighted by atomic mass is 16.2. The van der Waals surface area contributed by atoms with Gasteiger partial charge in [-0.1, -0.05) is 0 Å². The van der Waals surface area contributed by atoms with E-state index in [0.717, 1.165) is 42.9 Å². The maximum absolute atomic E-state index is 12.3. The first-order valence-corrected chi connectivity index (χ1v) is 8.08. The predicted octanol–water partition coefficient (Wildman–Crippen LogP) is 2.26. The molecular weight excluding hydrogens is 290 g/mol. The van der Waals surface area contributed by atoms with Gasteiger partial charge in [-0.05, 0) is 65.0 Å². The van der Waals surface area contributed by atoms with Crippen LogP contribution in [0.25, 0.3) is 5.57 Å². The summed E-state index contributed by atoms with van der Waals surface area (Å²) in [5.41, 5.74) is 3.77. The number of hydrogen-bond donors (Lipinski definition) is 2. The smallest absolute Gasteiger partial charge is 0.258 e. The molecule has 2 aliphatic heterocycles. The molecule has 5 heteroatoms. The first-order valence-electron chi connectivity index (χ1n) is 8.08. The molecule has 0 atom stereocenters. The Morgan fingerprint density at radius 1 is 1.26 bits per heavy atom. The molecule has 2 N–H and O–H groups in total. The first-order chi connectivity index (χ1) is 11.0. The summed E-state index contributed by atoms with van der Waals surface area (Å²) < 4.78 is 0. The summed E-state index contributed by atoms with van der Waals surface area (Å²) >= 11 is 0. The van der Waals surface area contributed by atoms with Crippen LogP contribution >= 0.6 is 0 Å². The Morgan fingerprint density at radius 2 is 1.96 bits per heavy atom. The second-order valence-corrected chi connectivity index (χ2v) is 6.49. The zero-order chi connectivity index (χ0) is 16.6. The van der Waals surface area contributed by atoms with Crippen molar-refractivity contribution >= 4 is 23.0 Å². The number of rotatable bonds is 3. The van der Waals surface area contributed by atoms with Crippen LogP contribution in [0.1, 0.15) is 42.6 Å². The molecule has 23 heavy (non-hydrogen) atoms. The van der Waals surface area contributed by atoms with Crippen molar-refractivity contribution in [3.63, 3.8) is 0 Å². The zero-order valence-corrected chi connectivity index (χ0v) is 13.9. The highest BCUT2D eigenvalue weighted by molar-refractivity contribution is 6.32. The average Bonchev–Trinajstić information content (AvgIpc) is 2.84. The lowest BCUT2D eigenvalue weighted by Crippen LogP contribution is -2.40. The predicted molar refractivity (Wildman–Crippen MR) is 91.3 cm³/mol. The minimum Gasteiger partial charge on any atom is -0.385 e. The zero-order valence-electron chi connectivity index (χ0n) is 13.9. The van der Waals surface area contributed by atoms with Crippen LogP contribution in [-0.4, -0.2) is 42.8 Å². The third-order valence-electron chi connectivity index (χ3n) is 4.68. The van der Waals surface area contributed by atoms with Gasteiger partial charge in [0.15, 0.2) is 5.78 Å². The van der Waals surface area contributed by atoms with Gasteiger partial charge in [0.25, 0.3) is 5.91 Å². The Bertz CT molecular complexity index is 686. The number of ketones is 1. The molecule has 0 bridgehead atoms. The van der Waals surface area contributed by atoms with Crippen molar-refractivity contribution in [3.05, 3.63) is 35.0 Å². The van der Waals surface area contributed by atoms with Crippen molar-refractivity contribution < 1.29 is 9.59 Å². The van der Waals surface area contributed by atoms with Gasteiger partial charge in [0, 0.05) is 28.6 Å². The second-order valence-electron chi connectivity index (χ2n) is 6.49. The normalized spacial score (nSPS) is 20.9. The lowest BCUT2D eigenvalue weighted by molar-refractivity contribution is -0.110. The van der Waals surface area contributed by atoms with Gasteiger partial charge in [0.05, 0.1) is 5.57 Å². The largest absolute Gasteiger partial charge is 0.385 e. The minimum absolute atomic E-state index is 0.00688. The first kappa shape index (κ1) is 15.7. The third kappa shape index (κ3) is 3.15. The lowest BCUT2D eigenvalue weighted by Gasteiger charge is -2.30. The van der Waals surface area contributed by atoms with Crippen LogP contribution in [-0.2, 0) is 4.79 Å². The lowest BCUT2D eigenvalue weighted by atomic mass is 9.99. The Balaban J connectivity index is 1.88. The summed E-state index contributed by atoms with van der Waals surface area (Å²) in [5.74, 6) is -0.0916. The fourth-order valence-electron chi connectivity index (χ4n) is 3.29. The van der Waals surface area contributed by atoms with Gasteiger partial charge in [-0.15, -0.1) is 0 Å². The Kier molecular flexibility index (Phi) is 4.22. The number of carbonyl (C=O) groups is 2. The number of piperidine rings is 1. The number of nitrogens with zero attached hydrogens (tertiary/aromatic N) is 1.